The van der Waals surface area contributed by atoms with Crippen LogP contribution in [0.1, 0.15) is 45.1 Å². The number of nitrogens with two attached hydrogens (primary N) is 1. The summed E-state index contributed by atoms with van der Waals surface area (Å²) in [5.74, 6) is 1.36. The van der Waals surface area contributed by atoms with E-state index < -0.39 is 0 Å². The fourth-order valence-electron chi connectivity index (χ4n) is 3.27. The fourth-order valence-corrected chi connectivity index (χ4v) is 3.27. The van der Waals surface area contributed by atoms with E-state index in [0.717, 1.165) is 5.52 Å². The first-order valence-corrected chi connectivity index (χ1v) is 7.00. The number of aromatic nitrogens is 2. The van der Waals surface area contributed by atoms with Crippen molar-refractivity contribution in [2.75, 3.05) is 5.73 Å². The molecule has 0 saturated heterocycles. The molecule has 96 valence electrons. The molecule has 0 spiro atoms. The Bertz CT molecular complexity index is 544. The molecule has 2 unspecified atom stereocenters. The summed E-state index contributed by atoms with van der Waals surface area (Å²) in [7, 11) is 0. The highest BCUT2D eigenvalue weighted by Gasteiger charge is 2.24. The number of para-hydroxylation sites is 2. The van der Waals surface area contributed by atoms with Gasteiger partial charge in [0, 0.05) is 6.04 Å². The average molecular weight is 243 g/mol. The standard InChI is InChI=1S/C15H21N3/c1-11-7-3-2-4-9-13(11)18-14-10-6-5-8-12(14)17-15(18)16/h5-6,8,10-11,13H,2-4,7,9H2,1H3,(H2,16,17). The number of hydrogen-bond acceptors (Lipinski definition) is 2. The molecule has 2 N–H and O–H groups in total. The molecule has 1 heterocycles. The monoisotopic (exact) mass is 243 g/mol. The van der Waals surface area contributed by atoms with E-state index in [0.29, 0.717) is 17.9 Å². The van der Waals surface area contributed by atoms with Crippen LogP contribution in [0.4, 0.5) is 5.95 Å². The molecule has 0 radical (unpaired) electrons. The van der Waals surface area contributed by atoms with E-state index in [1.165, 1.54) is 37.6 Å². The van der Waals surface area contributed by atoms with Crippen LogP contribution in [0.3, 0.4) is 0 Å². The summed E-state index contributed by atoms with van der Waals surface area (Å²) in [6.07, 6.45) is 6.54. The number of hydrogen-bond donors (Lipinski definition) is 1. The number of fused-ring (bicyclic) bond motifs is 1. The summed E-state index contributed by atoms with van der Waals surface area (Å²) in [4.78, 5) is 4.49. The molecule has 0 bridgehead atoms. The summed E-state index contributed by atoms with van der Waals surface area (Å²) in [6, 6.07) is 8.79. The first-order chi connectivity index (χ1) is 8.77. The molecule has 1 aromatic carbocycles. The van der Waals surface area contributed by atoms with Crippen molar-refractivity contribution in [3.63, 3.8) is 0 Å². The minimum Gasteiger partial charge on any atom is -0.369 e. The predicted molar refractivity (Wildman–Crippen MR) is 75.4 cm³/mol. The molecule has 3 rings (SSSR count). The van der Waals surface area contributed by atoms with Crippen molar-refractivity contribution in [3.05, 3.63) is 24.3 Å². The SMILES string of the molecule is CC1CCCCCC1n1c(N)nc2ccccc21. The lowest BCUT2D eigenvalue weighted by Crippen LogP contribution is -2.18. The van der Waals surface area contributed by atoms with Gasteiger partial charge in [0.15, 0.2) is 0 Å². The van der Waals surface area contributed by atoms with Gasteiger partial charge in [-0.25, -0.2) is 4.98 Å². The number of anilines is 1. The summed E-state index contributed by atoms with van der Waals surface area (Å²) in [5.41, 5.74) is 8.36. The molecule has 0 amide bonds. The lowest BCUT2D eigenvalue weighted by atomic mass is 9.96. The van der Waals surface area contributed by atoms with Gasteiger partial charge in [0.05, 0.1) is 11.0 Å². The van der Waals surface area contributed by atoms with Crippen LogP contribution in [-0.2, 0) is 0 Å². The Morgan fingerprint density at radius 2 is 1.94 bits per heavy atom. The number of rotatable bonds is 1. The summed E-state index contributed by atoms with van der Waals surface area (Å²) in [5, 5.41) is 0. The van der Waals surface area contributed by atoms with Gasteiger partial charge in [-0.1, -0.05) is 38.3 Å². The van der Waals surface area contributed by atoms with Gasteiger partial charge in [0.25, 0.3) is 0 Å². The molecule has 1 fully saturated rings. The molecular weight excluding hydrogens is 222 g/mol. The summed E-state index contributed by atoms with van der Waals surface area (Å²) >= 11 is 0. The Morgan fingerprint density at radius 1 is 1.17 bits per heavy atom. The van der Waals surface area contributed by atoms with E-state index in [-0.39, 0.29) is 0 Å². The van der Waals surface area contributed by atoms with E-state index in [4.69, 9.17) is 5.73 Å². The molecule has 1 aromatic heterocycles. The molecule has 18 heavy (non-hydrogen) atoms. The van der Waals surface area contributed by atoms with Gasteiger partial charge >= 0.3 is 0 Å². The average Bonchev–Trinajstić information content (AvgIpc) is 2.55. The minimum absolute atomic E-state index is 0.514. The van der Waals surface area contributed by atoms with Crippen LogP contribution in [0, 0.1) is 5.92 Å². The number of imidazole rings is 1. The second-order valence-corrected chi connectivity index (χ2v) is 5.51. The van der Waals surface area contributed by atoms with E-state index in [9.17, 15) is 0 Å². The Morgan fingerprint density at radius 3 is 2.83 bits per heavy atom. The topological polar surface area (TPSA) is 43.8 Å². The molecular formula is C15H21N3. The zero-order chi connectivity index (χ0) is 12.5. The molecule has 1 aliphatic rings. The van der Waals surface area contributed by atoms with Crippen molar-refractivity contribution in [2.24, 2.45) is 5.92 Å². The molecule has 1 saturated carbocycles. The second-order valence-electron chi connectivity index (χ2n) is 5.51. The maximum absolute atomic E-state index is 6.15. The van der Waals surface area contributed by atoms with Gasteiger partial charge in [0.1, 0.15) is 0 Å². The third-order valence-corrected chi connectivity index (χ3v) is 4.27. The maximum atomic E-state index is 6.15. The third kappa shape index (κ3) is 1.88. The maximum Gasteiger partial charge on any atom is 0.201 e. The zero-order valence-corrected chi connectivity index (χ0v) is 11.0. The first kappa shape index (κ1) is 11.6. The van der Waals surface area contributed by atoms with Gasteiger partial charge < -0.3 is 10.3 Å². The van der Waals surface area contributed by atoms with Crippen molar-refractivity contribution in [3.8, 4) is 0 Å². The van der Waals surface area contributed by atoms with Crippen molar-refractivity contribution in [1.82, 2.24) is 9.55 Å². The van der Waals surface area contributed by atoms with Crippen LogP contribution < -0.4 is 5.73 Å². The third-order valence-electron chi connectivity index (χ3n) is 4.27. The van der Waals surface area contributed by atoms with E-state index in [1.54, 1.807) is 0 Å². The first-order valence-electron chi connectivity index (χ1n) is 7.00. The predicted octanol–water partition coefficient (Wildman–Crippen LogP) is 3.76. The van der Waals surface area contributed by atoms with E-state index >= 15 is 0 Å². The van der Waals surface area contributed by atoms with Gasteiger partial charge in [-0.3, -0.25) is 0 Å². The van der Waals surface area contributed by atoms with Crippen molar-refractivity contribution >= 4 is 17.0 Å². The van der Waals surface area contributed by atoms with E-state index in [1.807, 2.05) is 12.1 Å². The second kappa shape index (κ2) is 4.63. The Labute approximate surface area is 108 Å². The van der Waals surface area contributed by atoms with Gasteiger partial charge in [0.2, 0.25) is 5.95 Å². The van der Waals surface area contributed by atoms with Crippen LogP contribution in [0.2, 0.25) is 0 Å². The summed E-state index contributed by atoms with van der Waals surface area (Å²) < 4.78 is 2.27. The normalized spacial score (nSPS) is 25.2. The van der Waals surface area contributed by atoms with Gasteiger partial charge in [-0.05, 0) is 30.9 Å². The van der Waals surface area contributed by atoms with Crippen molar-refractivity contribution < 1.29 is 0 Å². The van der Waals surface area contributed by atoms with Crippen LogP contribution in [0.15, 0.2) is 24.3 Å². The quantitative estimate of drug-likeness (QED) is 0.775. The molecule has 2 atom stereocenters. The Hall–Kier alpha value is -1.51. The highest BCUT2D eigenvalue weighted by atomic mass is 15.2. The highest BCUT2D eigenvalue weighted by Crippen LogP contribution is 2.36. The molecule has 1 aliphatic carbocycles. The molecule has 3 nitrogen and oxygen atoms in total. The van der Waals surface area contributed by atoms with Crippen LogP contribution in [0.25, 0.3) is 11.0 Å². The largest absolute Gasteiger partial charge is 0.369 e. The summed E-state index contributed by atoms with van der Waals surface area (Å²) in [6.45, 7) is 2.35. The molecule has 3 heteroatoms. The van der Waals surface area contributed by atoms with Gasteiger partial charge in [-0.2, -0.15) is 0 Å². The number of nitrogens with zero attached hydrogens (tertiary/aromatic N) is 2. The van der Waals surface area contributed by atoms with Crippen LogP contribution >= 0.6 is 0 Å². The lowest BCUT2D eigenvalue weighted by Gasteiger charge is -2.24. The highest BCUT2D eigenvalue weighted by molar-refractivity contribution is 5.78. The van der Waals surface area contributed by atoms with Crippen LogP contribution in [0.5, 0.6) is 0 Å². The zero-order valence-electron chi connectivity index (χ0n) is 11.0. The number of nitrogen functional groups attached to an aromatic ring is 1. The van der Waals surface area contributed by atoms with Crippen molar-refractivity contribution in [2.45, 2.75) is 45.1 Å². The number of benzene rings is 1. The lowest BCUT2D eigenvalue weighted by molar-refractivity contribution is 0.344. The fraction of sp³-hybridized carbons (Fsp3) is 0.533. The Balaban J connectivity index is 2.09. The molecule has 2 aromatic rings. The van der Waals surface area contributed by atoms with Crippen LogP contribution in [-0.4, -0.2) is 9.55 Å². The van der Waals surface area contributed by atoms with Crippen molar-refractivity contribution in [1.29, 1.82) is 0 Å². The van der Waals surface area contributed by atoms with E-state index in [2.05, 4.69) is 28.6 Å². The molecule has 0 aliphatic heterocycles. The Kier molecular flexibility index (Phi) is 2.98. The van der Waals surface area contributed by atoms with Gasteiger partial charge in [-0.15, -0.1) is 0 Å². The minimum atomic E-state index is 0.514. The smallest absolute Gasteiger partial charge is 0.201 e.